The smallest absolute Gasteiger partial charge is 0.251 e. The van der Waals surface area contributed by atoms with Crippen molar-refractivity contribution in [1.82, 2.24) is 15.1 Å². The second-order valence-electron chi connectivity index (χ2n) is 7.79. The number of hydrogen-bond donors (Lipinski definition) is 2. The third kappa shape index (κ3) is 4.37. The molecular formula is C20H29N3O3. The fraction of sp³-hybridized carbons (Fsp3) is 0.650. The van der Waals surface area contributed by atoms with Crippen LogP contribution in [0.2, 0.25) is 0 Å². The lowest BCUT2D eigenvalue weighted by Gasteiger charge is -2.35. The van der Waals surface area contributed by atoms with Crippen molar-refractivity contribution < 1.29 is 14.6 Å². The van der Waals surface area contributed by atoms with Crippen molar-refractivity contribution in [1.29, 1.82) is 0 Å². The molecule has 2 fully saturated rings. The highest BCUT2D eigenvalue weighted by atomic mass is 16.5. The first-order valence-corrected chi connectivity index (χ1v) is 9.84. The Hall–Kier alpha value is -1.63. The van der Waals surface area contributed by atoms with Gasteiger partial charge in [-0.3, -0.25) is 9.69 Å². The summed E-state index contributed by atoms with van der Waals surface area (Å²) >= 11 is 0. The molecule has 0 unspecified atom stereocenters. The zero-order valence-corrected chi connectivity index (χ0v) is 15.3. The first-order valence-electron chi connectivity index (χ1n) is 9.84. The van der Waals surface area contributed by atoms with E-state index in [1.54, 1.807) is 0 Å². The van der Waals surface area contributed by atoms with E-state index in [4.69, 9.17) is 4.74 Å². The molecule has 26 heavy (non-hydrogen) atoms. The number of β-amino-alcohol motifs (C(OH)–C–C–N with tert-alkyl or cyclic N) is 1. The van der Waals surface area contributed by atoms with Crippen molar-refractivity contribution >= 4 is 5.91 Å². The summed E-state index contributed by atoms with van der Waals surface area (Å²) in [6, 6.07) is 5.57. The van der Waals surface area contributed by atoms with Crippen LogP contribution in [0.4, 0.5) is 0 Å². The molecule has 0 aromatic heterocycles. The van der Waals surface area contributed by atoms with Crippen LogP contribution in [0.25, 0.3) is 0 Å². The second-order valence-corrected chi connectivity index (χ2v) is 7.79. The molecular weight excluding hydrogens is 330 g/mol. The van der Waals surface area contributed by atoms with Gasteiger partial charge in [0.15, 0.2) is 0 Å². The second kappa shape index (κ2) is 7.94. The van der Waals surface area contributed by atoms with Crippen LogP contribution in [0, 0.1) is 5.92 Å². The van der Waals surface area contributed by atoms with E-state index in [-0.39, 0.29) is 12.5 Å². The largest absolute Gasteiger partial charge is 0.493 e. The third-order valence-electron chi connectivity index (χ3n) is 5.63. The van der Waals surface area contributed by atoms with E-state index in [2.05, 4.69) is 15.1 Å². The summed E-state index contributed by atoms with van der Waals surface area (Å²) in [5, 5.41) is 13.2. The lowest BCUT2D eigenvalue weighted by Crippen LogP contribution is -2.50. The maximum Gasteiger partial charge on any atom is 0.251 e. The van der Waals surface area contributed by atoms with Crippen LogP contribution in [-0.4, -0.2) is 79.3 Å². The van der Waals surface area contributed by atoms with Crippen LogP contribution >= 0.6 is 0 Å². The fourth-order valence-corrected chi connectivity index (χ4v) is 3.92. The lowest BCUT2D eigenvalue weighted by molar-refractivity contribution is 0.0673. The van der Waals surface area contributed by atoms with E-state index in [0.717, 1.165) is 49.8 Å². The lowest BCUT2D eigenvalue weighted by atomic mass is 10.0. The summed E-state index contributed by atoms with van der Waals surface area (Å²) in [4.78, 5) is 17.3. The summed E-state index contributed by atoms with van der Waals surface area (Å²) in [5.41, 5.74) is 1.65. The summed E-state index contributed by atoms with van der Waals surface area (Å²) in [6.45, 7) is 6.96. The molecule has 6 heteroatoms. The van der Waals surface area contributed by atoms with E-state index in [0.29, 0.717) is 18.7 Å². The molecule has 2 aliphatic heterocycles. The zero-order chi connectivity index (χ0) is 17.9. The fourth-order valence-electron chi connectivity index (χ4n) is 3.92. The van der Waals surface area contributed by atoms with Crippen molar-refractivity contribution in [2.24, 2.45) is 5.92 Å². The monoisotopic (exact) mass is 359 g/mol. The molecule has 1 aliphatic carbocycles. The number of benzene rings is 1. The van der Waals surface area contributed by atoms with Crippen LogP contribution in [0.5, 0.6) is 5.75 Å². The number of ether oxygens (including phenoxy) is 1. The number of fused-ring (bicyclic) bond motifs is 1. The summed E-state index contributed by atoms with van der Waals surface area (Å²) < 4.78 is 5.51. The molecule has 1 saturated carbocycles. The summed E-state index contributed by atoms with van der Waals surface area (Å²) in [7, 11) is 0. The van der Waals surface area contributed by atoms with E-state index in [1.165, 1.54) is 19.4 Å². The molecule has 1 saturated heterocycles. The minimum atomic E-state index is -0.540. The van der Waals surface area contributed by atoms with Gasteiger partial charge in [-0.05, 0) is 30.9 Å². The Balaban J connectivity index is 1.20. The number of carbonyl (C=O) groups is 1. The molecule has 4 rings (SSSR count). The number of aliphatic hydroxyl groups is 1. The Bertz CT molecular complexity index is 639. The topological polar surface area (TPSA) is 65.0 Å². The highest BCUT2D eigenvalue weighted by Crippen LogP contribution is 2.30. The van der Waals surface area contributed by atoms with Crippen molar-refractivity contribution in [2.45, 2.75) is 25.4 Å². The predicted octanol–water partition coefficient (Wildman–Crippen LogP) is 0.740. The molecule has 142 valence electrons. The van der Waals surface area contributed by atoms with E-state index in [9.17, 15) is 9.90 Å². The Morgan fingerprint density at radius 2 is 2.00 bits per heavy atom. The van der Waals surface area contributed by atoms with Crippen molar-refractivity contribution in [2.75, 3.05) is 52.4 Å². The van der Waals surface area contributed by atoms with E-state index >= 15 is 0 Å². The molecule has 1 aromatic rings. The minimum Gasteiger partial charge on any atom is -0.493 e. The molecule has 2 heterocycles. The number of amides is 1. The Kier molecular flexibility index (Phi) is 5.43. The molecule has 6 nitrogen and oxygen atoms in total. The molecule has 2 N–H and O–H groups in total. The van der Waals surface area contributed by atoms with Gasteiger partial charge >= 0.3 is 0 Å². The van der Waals surface area contributed by atoms with Crippen LogP contribution in [0.15, 0.2) is 18.2 Å². The molecule has 1 amide bonds. The maximum absolute atomic E-state index is 12.5. The molecule has 0 radical (unpaired) electrons. The number of carbonyl (C=O) groups excluding carboxylic acids is 1. The van der Waals surface area contributed by atoms with Crippen LogP contribution in [-0.2, 0) is 6.42 Å². The van der Waals surface area contributed by atoms with Crippen LogP contribution in [0.3, 0.4) is 0 Å². The van der Waals surface area contributed by atoms with Gasteiger partial charge < -0.3 is 20.1 Å². The SMILES string of the molecule is O=C(NC[C@H](O)CN1CCN(CC2CC2)CC1)c1cccc2c1CCO2. The number of hydrogen-bond acceptors (Lipinski definition) is 5. The van der Waals surface area contributed by atoms with Gasteiger partial charge in [-0.2, -0.15) is 0 Å². The summed E-state index contributed by atoms with van der Waals surface area (Å²) in [6.07, 6.45) is 3.03. The van der Waals surface area contributed by atoms with Crippen molar-refractivity contribution in [3.8, 4) is 5.75 Å². The minimum absolute atomic E-state index is 0.124. The molecule has 3 aliphatic rings. The average Bonchev–Trinajstić information content (AvgIpc) is 3.33. The predicted molar refractivity (Wildman–Crippen MR) is 99.6 cm³/mol. The average molecular weight is 359 g/mol. The number of piperazine rings is 1. The van der Waals surface area contributed by atoms with E-state index < -0.39 is 6.10 Å². The van der Waals surface area contributed by atoms with Crippen molar-refractivity contribution in [3.63, 3.8) is 0 Å². The van der Waals surface area contributed by atoms with Gasteiger partial charge in [-0.25, -0.2) is 0 Å². The van der Waals surface area contributed by atoms with Gasteiger partial charge in [-0.1, -0.05) is 6.07 Å². The van der Waals surface area contributed by atoms with Crippen LogP contribution < -0.4 is 10.1 Å². The van der Waals surface area contributed by atoms with Crippen molar-refractivity contribution in [3.05, 3.63) is 29.3 Å². The highest BCUT2D eigenvalue weighted by molar-refractivity contribution is 5.96. The standard InChI is InChI=1S/C20H29N3O3/c24-16(14-23-9-7-22(8-10-23)13-15-4-5-15)12-21-20(25)18-2-1-3-19-17(18)6-11-26-19/h1-3,15-16,24H,4-14H2,(H,21,25)/t16-/m0/s1. The zero-order valence-electron chi connectivity index (χ0n) is 15.3. The third-order valence-corrected chi connectivity index (χ3v) is 5.63. The van der Waals surface area contributed by atoms with Gasteiger partial charge in [0.05, 0.1) is 12.7 Å². The Morgan fingerprint density at radius 3 is 2.77 bits per heavy atom. The van der Waals surface area contributed by atoms with Gasteiger partial charge in [0.1, 0.15) is 5.75 Å². The molecule has 1 aromatic carbocycles. The van der Waals surface area contributed by atoms with E-state index in [1.807, 2.05) is 18.2 Å². The Labute approximate surface area is 155 Å². The maximum atomic E-state index is 12.5. The number of nitrogens with one attached hydrogen (secondary N) is 1. The summed E-state index contributed by atoms with van der Waals surface area (Å²) in [5.74, 6) is 1.62. The first kappa shape index (κ1) is 17.8. The normalized spacial score (nSPS) is 21.9. The van der Waals surface area contributed by atoms with Gasteiger partial charge in [-0.15, -0.1) is 0 Å². The quantitative estimate of drug-likeness (QED) is 0.752. The Morgan fingerprint density at radius 1 is 1.23 bits per heavy atom. The molecule has 1 atom stereocenters. The van der Waals surface area contributed by atoms with Gasteiger partial charge in [0.2, 0.25) is 0 Å². The number of aliphatic hydroxyl groups excluding tert-OH is 1. The number of nitrogens with zero attached hydrogens (tertiary/aromatic N) is 2. The van der Waals surface area contributed by atoms with Gasteiger partial charge in [0.25, 0.3) is 5.91 Å². The van der Waals surface area contributed by atoms with Gasteiger partial charge in [0, 0.05) is 63.4 Å². The van der Waals surface area contributed by atoms with Crippen LogP contribution in [0.1, 0.15) is 28.8 Å². The molecule has 0 bridgehead atoms. The highest BCUT2D eigenvalue weighted by Gasteiger charge is 2.27. The molecule has 0 spiro atoms. The number of rotatable bonds is 7. The first-order chi connectivity index (χ1) is 12.7.